The van der Waals surface area contributed by atoms with E-state index in [2.05, 4.69) is 29.8 Å². The van der Waals surface area contributed by atoms with Gasteiger partial charge in [0.05, 0.1) is 5.38 Å². The normalized spacial score (nSPS) is 27.7. The fraction of sp³-hybridized carbons (Fsp3) is 0.538. The number of aryl methyl sites for hydroxylation is 2. The molecule has 4 heteroatoms. The van der Waals surface area contributed by atoms with Crippen molar-refractivity contribution in [1.29, 1.82) is 0 Å². The molecule has 0 heterocycles. The molecule has 1 aromatic rings. The van der Waals surface area contributed by atoms with Gasteiger partial charge >= 0.3 is 0 Å². The van der Waals surface area contributed by atoms with Gasteiger partial charge in [0, 0.05) is 18.0 Å². The zero-order valence-electron chi connectivity index (χ0n) is 10.2. The molecular weight excluding hydrogens is 303 g/mol. The number of halogens is 2. The second kappa shape index (κ2) is 5.17. The Bertz CT molecular complexity index is 399. The van der Waals surface area contributed by atoms with Gasteiger partial charge in [-0.1, -0.05) is 15.9 Å². The van der Waals surface area contributed by atoms with Crippen LogP contribution in [0.25, 0.3) is 0 Å². The van der Waals surface area contributed by atoms with Crippen LogP contribution in [0.15, 0.2) is 16.6 Å². The van der Waals surface area contributed by atoms with Crippen LogP contribution >= 0.6 is 27.5 Å². The Hall–Kier alpha value is -0.250. The largest absolute Gasteiger partial charge is 0.488 e. The number of ether oxygens (including phenoxy) is 2. The van der Waals surface area contributed by atoms with E-state index in [0.717, 1.165) is 16.6 Å². The molecule has 1 saturated carbocycles. The van der Waals surface area contributed by atoms with E-state index >= 15 is 0 Å². The summed E-state index contributed by atoms with van der Waals surface area (Å²) < 4.78 is 12.3. The minimum Gasteiger partial charge on any atom is -0.488 e. The number of benzene rings is 1. The quantitative estimate of drug-likeness (QED) is 0.788. The summed E-state index contributed by atoms with van der Waals surface area (Å²) >= 11 is 9.60. The lowest BCUT2D eigenvalue weighted by Crippen LogP contribution is -2.52. The lowest BCUT2D eigenvalue weighted by atomic mass is 9.91. The number of alkyl halides is 1. The van der Waals surface area contributed by atoms with E-state index in [1.165, 1.54) is 11.1 Å². The first-order chi connectivity index (χ1) is 8.02. The third-order valence-corrected chi connectivity index (χ3v) is 4.83. The Morgan fingerprint density at radius 2 is 1.88 bits per heavy atom. The lowest BCUT2D eigenvalue weighted by Gasteiger charge is -2.39. The molecule has 1 aliphatic rings. The molecule has 17 heavy (non-hydrogen) atoms. The van der Waals surface area contributed by atoms with Crippen LogP contribution in [0.3, 0.4) is 0 Å². The molecular formula is C13H16BrClO2. The highest BCUT2D eigenvalue weighted by molar-refractivity contribution is 9.10. The van der Waals surface area contributed by atoms with Gasteiger partial charge in [-0.05, 0) is 37.1 Å². The fourth-order valence-corrected chi connectivity index (χ4v) is 2.76. The van der Waals surface area contributed by atoms with Gasteiger partial charge in [0.25, 0.3) is 0 Å². The van der Waals surface area contributed by atoms with E-state index < -0.39 is 0 Å². The summed E-state index contributed by atoms with van der Waals surface area (Å²) in [4.78, 5) is 0. The zero-order chi connectivity index (χ0) is 12.6. The van der Waals surface area contributed by atoms with Gasteiger partial charge in [-0.2, -0.15) is 0 Å². The van der Waals surface area contributed by atoms with Crippen molar-refractivity contribution >= 4 is 27.5 Å². The van der Waals surface area contributed by atoms with Gasteiger partial charge in [-0.25, -0.2) is 0 Å². The maximum atomic E-state index is 6.05. The van der Waals surface area contributed by atoms with E-state index in [1.54, 1.807) is 7.11 Å². The molecule has 0 spiro atoms. The van der Waals surface area contributed by atoms with Gasteiger partial charge < -0.3 is 9.47 Å². The van der Waals surface area contributed by atoms with Crippen molar-refractivity contribution in [3.05, 3.63) is 27.7 Å². The highest BCUT2D eigenvalue weighted by atomic mass is 79.9. The second-order valence-electron chi connectivity index (χ2n) is 4.48. The minimum atomic E-state index is 0.000857. The molecule has 3 atom stereocenters. The van der Waals surface area contributed by atoms with Crippen LogP contribution in [-0.2, 0) is 4.74 Å². The Kier molecular flexibility index (Phi) is 4.01. The van der Waals surface area contributed by atoms with Crippen LogP contribution in [0.2, 0.25) is 0 Å². The van der Waals surface area contributed by atoms with E-state index in [1.807, 2.05) is 12.1 Å². The maximum Gasteiger partial charge on any atom is 0.128 e. The van der Waals surface area contributed by atoms with Crippen molar-refractivity contribution < 1.29 is 9.47 Å². The average molecular weight is 320 g/mol. The first-order valence-electron chi connectivity index (χ1n) is 5.63. The number of rotatable bonds is 3. The molecule has 0 aromatic heterocycles. The third kappa shape index (κ3) is 2.61. The first kappa shape index (κ1) is 13.2. The van der Waals surface area contributed by atoms with E-state index in [0.29, 0.717) is 0 Å². The van der Waals surface area contributed by atoms with Gasteiger partial charge in [0.15, 0.2) is 0 Å². The molecule has 0 aliphatic heterocycles. The van der Waals surface area contributed by atoms with E-state index in [9.17, 15) is 0 Å². The van der Waals surface area contributed by atoms with Gasteiger partial charge in [-0.15, -0.1) is 11.6 Å². The molecule has 1 aromatic carbocycles. The molecule has 3 unspecified atom stereocenters. The summed E-state index contributed by atoms with van der Waals surface area (Å²) in [6.45, 7) is 4.12. The standard InChI is InChI=1S/C13H16BrClO2/c1-7-4-9(5-8(2)12(7)14)17-11-6-10(15)13(11)16-3/h4-5,10-11,13H,6H2,1-3H3. The highest BCUT2D eigenvalue weighted by Crippen LogP contribution is 2.34. The monoisotopic (exact) mass is 318 g/mol. The Morgan fingerprint density at radius 3 is 2.35 bits per heavy atom. The molecule has 0 radical (unpaired) electrons. The summed E-state index contributed by atoms with van der Waals surface area (Å²) in [5, 5.41) is 0.0719. The molecule has 1 fully saturated rings. The summed E-state index contributed by atoms with van der Waals surface area (Å²) in [5.41, 5.74) is 2.35. The van der Waals surface area contributed by atoms with Crippen LogP contribution in [0, 0.1) is 13.8 Å². The lowest BCUT2D eigenvalue weighted by molar-refractivity contribution is -0.0584. The van der Waals surface area contributed by atoms with Crippen LogP contribution in [0.5, 0.6) is 5.75 Å². The molecule has 0 N–H and O–H groups in total. The van der Waals surface area contributed by atoms with Gasteiger partial charge in [0.2, 0.25) is 0 Å². The first-order valence-corrected chi connectivity index (χ1v) is 6.86. The SMILES string of the molecule is COC1C(Cl)CC1Oc1cc(C)c(Br)c(C)c1. The molecule has 2 rings (SSSR count). The average Bonchev–Trinajstić information content (AvgIpc) is 2.25. The van der Waals surface area contributed by atoms with Crippen LogP contribution in [0.4, 0.5) is 0 Å². The van der Waals surface area contributed by atoms with Crippen LogP contribution in [-0.4, -0.2) is 24.7 Å². The van der Waals surface area contributed by atoms with E-state index in [4.69, 9.17) is 21.1 Å². The molecule has 1 aliphatic carbocycles. The number of hydrogen-bond acceptors (Lipinski definition) is 2. The van der Waals surface area contributed by atoms with E-state index in [-0.39, 0.29) is 17.6 Å². The second-order valence-corrected chi connectivity index (χ2v) is 5.83. The summed E-state index contributed by atoms with van der Waals surface area (Å²) in [6, 6.07) is 4.07. The molecule has 2 nitrogen and oxygen atoms in total. The molecule has 0 amide bonds. The van der Waals surface area contributed by atoms with Crippen molar-refractivity contribution in [2.45, 2.75) is 37.9 Å². The highest BCUT2D eigenvalue weighted by Gasteiger charge is 2.42. The van der Waals surface area contributed by atoms with Crippen molar-refractivity contribution in [1.82, 2.24) is 0 Å². The number of hydrogen-bond donors (Lipinski definition) is 0. The minimum absolute atomic E-state index is 0.000857. The van der Waals surface area contributed by atoms with Crippen molar-refractivity contribution in [2.75, 3.05) is 7.11 Å². The predicted molar refractivity (Wildman–Crippen MR) is 73.1 cm³/mol. The Balaban J connectivity index is 2.10. The van der Waals surface area contributed by atoms with Crippen LogP contribution in [0.1, 0.15) is 17.5 Å². The smallest absolute Gasteiger partial charge is 0.128 e. The molecule has 0 bridgehead atoms. The van der Waals surface area contributed by atoms with Crippen LogP contribution < -0.4 is 4.74 Å². The van der Waals surface area contributed by atoms with Crippen molar-refractivity contribution in [3.63, 3.8) is 0 Å². The zero-order valence-corrected chi connectivity index (χ0v) is 12.5. The number of methoxy groups -OCH3 is 1. The Morgan fingerprint density at radius 1 is 1.29 bits per heavy atom. The van der Waals surface area contributed by atoms with Crippen molar-refractivity contribution in [2.24, 2.45) is 0 Å². The molecule has 0 saturated heterocycles. The van der Waals surface area contributed by atoms with Crippen molar-refractivity contribution in [3.8, 4) is 5.75 Å². The molecule has 94 valence electrons. The predicted octanol–water partition coefficient (Wildman–Crippen LogP) is 3.84. The third-order valence-electron chi connectivity index (χ3n) is 3.15. The topological polar surface area (TPSA) is 18.5 Å². The fourth-order valence-electron chi connectivity index (χ4n) is 2.09. The van der Waals surface area contributed by atoms with Gasteiger partial charge in [0.1, 0.15) is 18.0 Å². The maximum absolute atomic E-state index is 6.05. The Labute approximate surface area is 115 Å². The summed E-state index contributed by atoms with van der Waals surface area (Å²) in [5.74, 6) is 0.888. The van der Waals surface area contributed by atoms with Gasteiger partial charge in [-0.3, -0.25) is 0 Å². The summed E-state index contributed by atoms with van der Waals surface area (Å²) in [6.07, 6.45) is 0.914. The summed E-state index contributed by atoms with van der Waals surface area (Å²) in [7, 11) is 1.67.